The maximum atomic E-state index is 4.89. The summed E-state index contributed by atoms with van der Waals surface area (Å²) in [5, 5.41) is 6.56. The number of rotatable bonds is 4. The van der Waals surface area contributed by atoms with E-state index in [0.717, 1.165) is 17.3 Å². The minimum absolute atomic E-state index is 0.788. The molecule has 1 rings (SSSR count). The largest absolute Gasteiger partial charge is 0.384 e. The van der Waals surface area contributed by atoms with Crippen molar-refractivity contribution in [3.8, 4) is 0 Å². The smallest absolute Gasteiger partial charge is 0.0623 e. The Morgan fingerprint density at radius 1 is 1.80 bits per heavy atom. The Balaban J connectivity index is 2.15. The molecule has 0 atom stereocenters. The van der Waals surface area contributed by atoms with Crippen LogP contribution in [0.4, 0.5) is 0 Å². The van der Waals surface area contributed by atoms with Gasteiger partial charge in [-0.2, -0.15) is 5.10 Å². The van der Waals surface area contributed by atoms with Crippen LogP contribution in [0.2, 0.25) is 0 Å². The van der Waals surface area contributed by atoms with E-state index < -0.39 is 0 Å². The molecule has 0 spiro atoms. The fraction of sp³-hybridized carbons (Fsp3) is 0.500. The highest BCUT2D eigenvalue weighted by atomic mass is 32.2. The third kappa shape index (κ3) is 2.41. The first-order chi connectivity index (χ1) is 4.93. The zero-order valence-corrected chi connectivity index (χ0v) is 6.65. The van der Waals surface area contributed by atoms with Crippen LogP contribution in [0.25, 0.3) is 0 Å². The van der Waals surface area contributed by atoms with E-state index >= 15 is 0 Å². The number of hydrogen-bond acceptors (Lipinski definition) is 3. The Hall–Kier alpha value is -0.480. The molecule has 0 amide bonds. The van der Waals surface area contributed by atoms with Crippen LogP contribution in [0.1, 0.15) is 0 Å². The lowest BCUT2D eigenvalue weighted by Crippen LogP contribution is -1.89. The van der Waals surface area contributed by atoms with Crippen LogP contribution in [0, 0.1) is 0 Å². The lowest BCUT2D eigenvalue weighted by Gasteiger charge is -1.94. The van der Waals surface area contributed by atoms with Crippen molar-refractivity contribution in [1.29, 1.82) is 0 Å². The first kappa shape index (κ1) is 7.63. The molecule has 0 fully saturated rings. The zero-order chi connectivity index (χ0) is 7.23. The molecule has 0 aliphatic carbocycles. The maximum absolute atomic E-state index is 4.89. The highest BCUT2D eigenvalue weighted by molar-refractivity contribution is 7.99. The summed E-state index contributed by atoms with van der Waals surface area (Å²) >= 11 is 1.73. The Morgan fingerprint density at radius 3 is 3.30 bits per heavy atom. The fourth-order valence-corrected chi connectivity index (χ4v) is 1.31. The van der Waals surface area contributed by atoms with Crippen LogP contribution in [0.3, 0.4) is 0 Å². The highest BCUT2D eigenvalue weighted by Crippen LogP contribution is 2.13. The number of aromatic amines is 1. The monoisotopic (exact) mass is 158 g/mol. The van der Waals surface area contributed by atoms with Gasteiger partial charge in [0.25, 0.3) is 0 Å². The summed E-state index contributed by atoms with van der Waals surface area (Å²) in [6.45, 7) is 0.788. The Kier molecular flexibility index (Phi) is 3.32. The average molecular weight is 158 g/mol. The SMILES string of the molecule is COCCSc1cn[nH]c1. The number of nitrogens with one attached hydrogen (secondary N) is 1. The molecule has 1 aromatic heterocycles. The van der Waals surface area contributed by atoms with Crippen LogP contribution >= 0.6 is 11.8 Å². The van der Waals surface area contributed by atoms with E-state index in [1.807, 2.05) is 6.20 Å². The van der Waals surface area contributed by atoms with Crippen molar-refractivity contribution in [3.63, 3.8) is 0 Å². The summed E-state index contributed by atoms with van der Waals surface area (Å²) in [6.07, 6.45) is 3.68. The zero-order valence-electron chi connectivity index (χ0n) is 5.83. The average Bonchev–Trinajstić information content (AvgIpc) is 2.41. The van der Waals surface area contributed by atoms with E-state index in [2.05, 4.69) is 10.2 Å². The number of H-pyrrole nitrogens is 1. The van der Waals surface area contributed by atoms with Crippen molar-refractivity contribution in [2.75, 3.05) is 19.5 Å². The van der Waals surface area contributed by atoms with Gasteiger partial charge in [-0.05, 0) is 0 Å². The first-order valence-electron chi connectivity index (χ1n) is 3.04. The van der Waals surface area contributed by atoms with Gasteiger partial charge in [-0.25, -0.2) is 0 Å². The minimum Gasteiger partial charge on any atom is -0.384 e. The third-order valence-corrected chi connectivity index (χ3v) is 1.96. The summed E-state index contributed by atoms with van der Waals surface area (Å²) in [5.41, 5.74) is 0. The van der Waals surface area contributed by atoms with Gasteiger partial charge in [-0.15, -0.1) is 11.8 Å². The van der Waals surface area contributed by atoms with Crippen molar-refractivity contribution in [1.82, 2.24) is 10.2 Å². The second-order valence-electron chi connectivity index (χ2n) is 1.78. The summed E-state index contributed by atoms with van der Waals surface area (Å²) in [6, 6.07) is 0. The summed E-state index contributed by atoms with van der Waals surface area (Å²) in [5.74, 6) is 0.982. The molecule has 1 heterocycles. The van der Waals surface area contributed by atoms with Crippen LogP contribution in [0.15, 0.2) is 17.3 Å². The molecule has 1 aromatic rings. The number of ether oxygens (including phenoxy) is 1. The minimum atomic E-state index is 0.788. The molecule has 10 heavy (non-hydrogen) atoms. The molecule has 0 aliphatic rings. The van der Waals surface area contributed by atoms with Gasteiger partial charge in [-0.3, -0.25) is 5.10 Å². The van der Waals surface area contributed by atoms with Crippen molar-refractivity contribution in [2.45, 2.75) is 4.90 Å². The predicted octanol–water partition coefficient (Wildman–Crippen LogP) is 1.15. The highest BCUT2D eigenvalue weighted by Gasteiger charge is 1.92. The lowest BCUT2D eigenvalue weighted by molar-refractivity contribution is 0.218. The van der Waals surface area contributed by atoms with Gasteiger partial charge in [0.15, 0.2) is 0 Å². The fourth-order valence-electron chi connectivity index (χ4n) is 0.561. The molecule has 0 aliphatic heterocycles. The molecule has 0 bridgehead atoms. The first-order valence-corrected chi connectivity index (χ1v) is 4.02. The topological polar surface area (TPSA) is 37.9 Å². The summed E-state index contributed by atoms with van der Waals surface area (Å²) in [7, 11) is 1.70. The van der Waals surface area contributed by atoms with Crippen molar-refractivity contribution in [3.05, 3.63) is 12.4 Å². The second kappa shape index (κ2) is 4.35. The number of hydrogen-bond donors (Lipinski definition) is 1. The number of nitrogens with zero attached hydrogens (tertiary/aromatic N) is 1. The van der Waals surface area contributed by atoms with Crippen LogP contribution < -0.4 is 0 Å². The van der Waals surface area contributed by atoms with E-state index in [-0.39, 0.29) is 0 Å². The van der Waals surface area contributed by atoms with E-state index in [9.17, 15) is 0 Å². The van der Waals surface area contributed by atoms with Crippen LogP contribution in [-0.2, 0) is 4.74 Å². The van der Waals surface area contributed by atoms with E-state index in [0.29, 0.717) is 0 Å². The number of methoxy groups -OCH3 is 1. The normalized spacial score (nSPS) is 10.1. The van der Waals surface area contributed by atoms with Crippen molar-refractivity contribution >= 4 is 11.8 Å². The van der Waals surface area contributed by atoms with Gasteiger partial charge in [0.1, 0.15) is 0 Å². The number of thioether (sulfide) groups is 1. The Morgan fingerprint density at radius 2 is 2.70 bits per heavy atom. The molecular weight excluding hydrogens is 148 g/mol. The van der Waals surface area contributed by atoms with Gasteiger partial charge < -0.3 is 4.74 Å². The Labute approximate surface area is 64.2 Å². The maximum Gasteiger partial charge on any atom is 0.0623 e. The standard InChI is InChI=1S/C6H10N2OS/c1-9-2-3-10-6-4-7-8-5-6/h4-5H,2-3H2,1H3,(H,7,8). The van der Waals surface area contributed by atoms with Gasteiger partial charge in [0, 0.05) is 24.0 Å². The van der Waals surface area contributed by atoms with Crippen LogP contribution in [0.5, 0.6) is 0 Å². The second-order valence-corrected chi connectivity index (χ2v) is 2.94. The van der Waals surface area contributed by atoms with Crippen molar-refractivity contribution < 1.29 is 4.74 Å². The molecule has 0 saturated carbocycles. The van der Waals surface area contributed by atoms with E-state index in [1.165, 1.54) is 0 Å². The molecule has 0 aromatic carbocycles. The molecule has 0 radical (unpaired) electrons. The van der Waals surface area contributed by atoms with Gasteiger partial charge in [0.05, 0.1) is 12.8 Å². The number of aromatic nitrogens is 2. The Bertz CT molecular complexity index is 164. The molecule has 0 saturated heterocycles. The third-order valence-electron chi connectivity index (χ3n) is 1.03. The molecule has 1 N–H and O–H groups in total. The van der Waals surface area contributed by atoms with Crippen molar-refractivity contribution in [2.24, 2.45) is 0 Å². The van der Waals surface area contributed by atoms with E-state index in [1.54, 1.807) is 25.1 Å². The molecule has 56 valence electrons. The molecule has 0 unspecified atom stereocenters. The summed E-state index contributed by atoms with van der Waals surface area (Å²) in [4.78, 5) is 1.16. The summed E-state index contributed by atoms with van der Waals surface area (Å²) < 4.78 is 4.89. The molecular formula is C6H10N2OS. The van der Waals surface area contributed by atoms with Gasteiger partial charge in [0.2, 0.25) is 0 Å². The van der Waals surface area contributed by atoms with E-state index in [4.69, 9.17) is 4.74 Å². The molecule has 3 nitrogen and oxygen atoms in total. The predicted molar refractivity (Wildman–Crippen MR) is 41.2 cm³/mol. The van der Waals surface area contributed by atoms with Crippen LogP contribution in [-0.4, -0.2) is 29.7 Å². The van der Waals surface area contributed by atoms with Gasteiger partial charge >= 0.3 is 0 Å². The quantitative estimate of drug-likeness (QED) is 0.527. The lowest BCUT2D eigenvalue weighted by atomic mass is 10.7. The molecule has 4 heteroatoms. The van der Waals surface area contributed by atoms with Gasteiger partial charge in [-0.1, -0.05) is 0 Å².